The number of carboxylic acid groups (broad SMARTS) is 2. The molecule has 0 aromatic heterocycles. The van der Waals surface area contributed by atoms with Crippen molar-refractivity contribution in [1.82, 2.24) is 0 Å². The molecule has 3 aromatic rings. The van der Waals surface area contributed by atoms with E-state index < -0.39 is 11.9 Å². The smallest absolute Gasteiger partial charge is 0.336 e. The van der Waals surface area contributed by atoms with E-state index >= 15 is 0 Å². The van der Waals surface area contributed by atoms with Crippen LogP contribution in [0.15, 0.2) is 70.5 Å². The lowest BCUT2D eigenvalue weighted by Crippen LogP contribution is -2.16. The Morgan fingerprint density at radius 2 is 1.06 bits per heavy atom. The third-order valence-electron chi connectivity index (χ3n) is 5.51. The van der Waals surface area contributed by atoms with Crippen LogP contribution in [0.5, 0.6) is 0 Å². The Hall–Kier alpha value is -3.10. The summed E-state index contributed by atoms with van der Waals surface area (Å²) in [4.78, 5) is 26.3. The zero-order valence-corrected chi connectivity index (χ0v) is 20.7. The highest BCUT2D eigenvalue weighted by Gasteiger charge is 2.31. The molecular formula is C26H28N2O4S2. The third kappa shape index (κ3) is 5.51. The van der Waals surface area contributed by atoms with E-state index in [-0.39, 0.29) is 21.6 Å². The van der Waals surface area contributed by atoms with Crippen LogP contribution in [0, 0.1) is 0 Å². The second kappa shape index (κ2) is 11.4. The van der Waals surface area contributed by atoms with E-state index in [1.54, 1.807) is 12.1 Å². The molecule has 0 saturated heterocycles. The van der Waals surface area contributed by atoms with E-state index in [0.717, 1.165) is 9.79 Å². The molecule has 0 aliphatic carbocycles. The zero-order chi connectivity index (χ0) is 24.8. The monoisotopic (exact) mass is 496 g/mol. The van der Waals surface area contributed by atoms with Crippen LogP contribution in [0.1, 0.15) is 69.0 Å². The first-order valence-electron chi connectivity index (χ1n) is 10.9. The van der Waals surface area contributed by atoms with Crippen molar-refractivity contribution in [3.05, 3.63) is 82.9 Å². The molecule has 178 valence electrons. The Bertz CT molecular complexity index is 1110. The first-order chi connectivity index (χ1) is 16.3. The lowest BCUT2D eigenvalue weighted by molar-refractivity contribution is 0.0679. The molecule has 0 fully saturated rings. The Kier molecular flexibility index (Phi) is 8.52. The van der Waals surface area contributed by atoms with Crippen LogP contribution in [0.3, 0.4) is 0 Å². The molecule has 0 spiro atoms. The van der Waals surface area contributed by atoms with E-state index in [1.165, 1.54) is 35.7 Å². The molecule has 0 radical (unpaired) electrons. The van der Waals surface area contributed by atoms with Crippen LogP contribution in [-0.4, -0.2) is 22.2 Å². The summed E-state index contributed by atoms with van der Waals surface area (Å²) in [5.74, 6) is -2.18. The van der Waals surface area contributed by atoms with Crippen LogP contribution in [0.25, 0.3) is 0 Å². The topological polar surface area (TPSA) is 127 Å². The van der Waals surface area contributed by atoms with Gasteiger partial charge in [0.2, 0.25) is 0 Å². The summed E-state index contributed by atoms with van der Waals surface area (Å²) in [6.07, 6.45) is 1.17. The van der Waals surface area contributed by atoms with Gasteiger partial charge in [0.15, 0.2) is 0 Å². The lowest BCUT2D eigenvalue weighted by atomic mass is 9.89. The van der Waals surface area contributed by atoms with Crippen molar-refractivity contribution >= 4 is 46.8 Å². The number of rotatable bonds is 10. The second-order valence-electron chi connectivity index (χ2n) is 7.70. The normalized spacial score (nSPS) is 12.8. The van der Waals surface area contributed by atoms with Crippen molar-refractivity contribution in [2.45, 2.75) is 47.0 Å². The lowest BCUT2D eigenvalue weighted by Gasteiger charge is -2.27. The summed E-state index contributed by atoms with van der Waals surface area (Å²) >= 11 is 2.91. The van der Waals surface area contributed by atoms with Gasteiger partial charge >= 0.3 is 11.9 Å². The predicted molar refractivity (Wildman–Crippen MR) is 140 cm³/mol. The highest BCUT2D eigenvalue weighted by atomic mass is 32.2. The van der Waals surface area contributed by atoms with Crippen molar-refractivity contribution in [3.8, 4) is 0 Å². The number of benzene rings is 3. The van der Waals surface area contributed by atoms with Crippen LogP contribution in [-0.2, 0) is 0 Å². The molecule has 2 atom stereocenters. The standard InChI is InChI=1S/C26H28N2O4S2/c1-3-19(33-21-11-7-5-9-17(21)27)23-15(25(29)30)13-14-16(26(31)32)24(23)20(4-2)34-22-12-8-6-10-18(22)28/h5-14,19-20H,3-4,27-28H2,1-2H3,(H,29,30)(H,31,32). The highest BCUT2D eigenvalue weighted by molar-refractivity contribution is 8.00. The van der Waals surface area contributed by atoms with E-state index in [9.17, 15) is 19.8 Å². The molecule has 6 N–H and O–H groups in total. The number of carboxylic acids is 2. The fourth-order valence-electron chi connectivity index (χ4n) is 3.88. The summed E-state index contributed by atoms with van der Waals surface area (Å²) in [5, 5.41) is 19.5. The molecule has 0 saturated carbocycles. The maximum atomic E-state index is 12.3. The molecule has 0 amide bonds. The minimum atomic E-state index is -1.09. The number of para-hydroxylation sites is 2. The van der Waals surface area contributed by atoms with E-state index in [2.05, 4.69) is 0 Å². The molecule has 3 aromatic carbocycles. The van der Waals surface area contributed by atoms with Gasteiger partial charge in [-0.15, -0.1) is 23.5 Å². The van der Waals surface area contributed by atoms with Gasteiger partial charge in [-0.25, -0.2) is 9.59 Å². The first-order valence-corrected chi connectivity index (χ1v) is 12.7. The Morgan fingerprint density at radius 3 is 1.35 bits per heavy atom. The van der Waals surface area contributed by atoms with Crippen LogP contribution >= 0.6 is 23.5 Å². The molecule has 3 rings (SSSR count). The first kappa shape index (κ1) is 25.5. The Labute approximate surface area is 207 Å². The average molecular weight is 497 g/mol. The quantitative estimate of drug-likeness (QED) is 0.180. The number of carbonyl (C=O) groups is 2. The van der Waals surface area contributed by atoms with E-state index in [4.69, 9.17) is 11.5 Å². The van der Waals surface area contributed by atoms with Crippen molar-refractivity contribution in [2.75, 3.05) is 11.5 Å². The summed E-state index contributed by atoms with van der Waals surface area (Å²) < 4.78 is 0. The molecule has 0 heterocycles. The van der Waals surface area contributed by atoms with Crippen LogP contribution < -0.4 is 11.5 Å². The molecule has 2 unspecified atom stereocenters. The minimum Gasteiger partial charge on any atom is -0.478 e. The van der Waals surface area contributed by atoms with Gasteiger partial charge in [0.1, 0.15) is 0 Å². The molecule has 6 nitrogen and oxygen atoms in total. The number of hydrogen-bond acceptors (Lipinski definition) is 6. The van der Waals surface area contributed by atoms with Crippen LogP contribution in [0.2, 0.25) is 0 Å². The molecule has 0 aliphatic rings. The summed E-state index contributed by atoms with van der Waals surface area (Å²) in [6.45, 7) is 3.92. The summed E-state index contributed by atoms with van der Waals surface area (Å²) in [7, 11) is 0. The van der Waals surface area contributed by atoms with Gasteiger partial charge in [-0.05, 0) is 60.4 Å². The van der Waals surface area contributed by atoms with Gasteiger partial charge in [0.25, 0.3) is 0 Å². The molecule has 0 bridgehead atoms. The number of nitrogens with two attached hydrogens (primary N) is 2. The van der Waals surface area contributed by atoms with E-state index in [1.807, 2.05) is 50.2 Å². The second-order valence-corrected chi connectivity index (χ2v) is 10.2. The number of aromatic carboxylic acids is 2. The third-order valence-corrected chi connectivity index (χ3v) is 8.47. The SMILES string of the molecule is CCC(Sc1ccccc1N)c1c(C(=O)O)ccc(C(=O)O)c1C(CC)Sc1ccccc1N. The van der Waals surface area contributed by atoms with Gasteiger partial charge in [-0.3, -0.25) is 0 Å². The number of hydrogen-bond donors (Lipinski definition) is 4. The zero-order valence-electron chi connectivity index (χ0n) is 19.0. The minimum absolute atomic E-state index is 0.105. The van der Waals surface area contributed by atoms with Crippen LogP contribution in [0.4, 0.5) is 11.4 Å². The fourth-order valence-corrected chi connectivity index (χ4v) is 6.29. The highest BCUT2D eigenvalue weighted by Crippen LogP contribution is 2.49. The van der Waals surface area contributed by atoms with Crippen molar-refractivity contribution in [2.24, 2.45) is 0 Å². The molecule has 0 aliphatic heterocycles. The molecular weight excluding hydrogens is 468 g/mol. The fraction of sp³-hybridized carbons (Fsp3) is 0.231. The van der Waals surface area contributed by atoms with Crippen molar-refractivity contribution in [1.29, 1.82) is 0 Å². The van der Waals surface area contributed by atoms with E-state index in [0.29, 0.717) is 35.3 Å². The Balaban J connectivity index is 2.24. The summed E-state index contributed by atoms with van der Waals surface area (Å²) in [5.41, 5.74) is 14.8. The van der Waals surface area contributed by atoms with Gasteiger partial charge in [-0.2, -0.15) is 0 Å². The molecule has 34 heavy (non-hydrogen) atoms. The summed E-state index contributed by atoms with van der Waals surface area (Å²) in [6, 6.07) is 17.6. The number of anilines is 2. The van der Waals surface area contributed by atoms with Gasteiger partial charge < -0.3 is 21.7 Å². The van der Waals surface area contributed by atoms with Gasteiger partial charge in [-0.1, -0.05) is 38.1 Å². The number of nitrogen functional groups attached to an aromatic ring is 2. The van der Waals surface area contributed by atoms with Crippen molar-refractivity contribution < 1.29 is 19.8 Å². The van der Waals surface area contributed by atoms with Gasteiger partial charge in [0.05, 0.1) is 11.1 Å². The maximum absolute atomic E-state index is 12.3. The predicted octanol–water partition coefficient (Wildman–Crippen LogP) is 6.73. The van der Waals surface area contributed by atoms with Gasteiger partial charge in [0, 0.05) is 31.7 Å². The number of thioether (sulfide) groups is 2. The maximum Gasteiger partial charge on any atom is 0.336 e. The average Bonchev–Trinajstić information content (AvgIpc) is 2.82. The Morgan fingerprint density at radius 1 is 0.706 bits per heavy atom. The largest absolute Gasteiger partial charge is 0.478 e. The molecule has 8 heteroatoms. The van der Waals surface area contributed by atoms with Crippen molar-refractivity contribution in [3.63, 3.8) is 0 Å².